The first-order chi connectivity index (χ1) is 13.5. The first-order valence-electron chi connectivity index (χ1n) is 9.30. The normalized spacial score (nSPS) is 12.0. The van der Waals surface area contributed by atoms with Gasteiger partial charge in [-0.3, -0.25) is 0 Å². The van der Waals surface area contributed by atoms with Crippen molar-refractivity contribution in [3.05, 3.63) is 53.3 Å². The largest absolute Gasteiger partial charge is 0.478 e. The highest BCUT2D eigenvalue weighted by Crippen LogP contribution is 2.30. The predicted molar refractivity (Wildman–Crippen MR) is 111 cm³/mol. The molecule has 2 aromatic heterocycles. The third-order valence-corrected chi connectivity index (χ3v) is 5.62. The van der Waals surface area contributed by atoms with Crippen molar-refractivity contribution >= 4 is 32.5 Å². The smallest absolute Gasteiger partial charge is 0.335 e. The standard InChI is InChI=1S/C19H16FN3O2S.C2H6/c1-3-10(2)11-4-6-13(14(20)8-11)17-21-19-23(22-17)15-7-5-12(18(24)25)9-16(15)26-19;1-2/h4-10H,3H2,1-2H3,(H,24,25);1-2H3. The fraction of sp³-hybridized carbons (Fsp3) is 0.286. The van der Waals surface area contributed by atoms with E-state index in [9.17, 15) is 9.18 Å². The zero-order chi connectivity index (χ0) is 20.4. The van der Waals surface area contributed by atoms with Crippen molar-refractivity contribution in [1.82, 2.24) is 14.6 Å². The summed E-state index contributed by atoms with van der Waals surface area (Å²) in [6.45, 7) is 8.14. The number of fused-ring (bicyclic) bond motifs is 3. The molecule has 146 valence electrons. The Morgan fingerprint density at radius 2 is 2.00 bits per heavy atom. The van der Waals surface area contributed by atoms with Crippen molar-refractivity contribution in [3.8, 4) is 11.4 Å². The summed E-state index contributed by atoms with van der Waals surface area (Å²) < 4.78 is 17.0. The topological polar surface area (TPSA) is 67.5 Å². The van der Waals surface area contributed by atoms with Crippen LogP contribution in [0, 0.1) is 5.82 Å². The summed E-state index contributed by atoms with van der Waals surface area (Å²) in [4.78, 5) is 16.1. The van der Waals surface area contributed by atoms with E-state index < -0.39 is 5.97 Å². The first kappa shape index (κ1) is 19.9. The molecule has 7 heteroatoms. The lowest BCUT2D eigenvalue weighted by Crippen LogP contribution is -1.96. The minimum absolute atomic E-state index is 0.217. The van der Waals surface area contributed by atoms with Crippen molar-refractivity contribution < 1.29 is 14.3 Å². The van der Waals surface area contributed by atoms with E-state index in [-0.39, 0.29) is 11.4 Å². The second kappa shape index (κ2) is 8.06. The van der Waals surface area contributed by atoms with Crippen LogP contribution in [0.4, 0.5) is 4.39 Å². The second-order valence-corrected chi connectivity index (χ2v) is 7.28. The minimum Gasteiger partial charge on any atom is -0.478 e. The number of nitrogens with zero attached hydrogens (tertiary/aromatic N) is 3. The minimum atomic E-state index is -0.977. The van der Waals surface area contributed by atoms with Gasteiger partial charge >= 0.3 is 5.97 Å². The third-order valence-electron chi connectivity index (χ3n) is 4.63. The summed E-state index contributed by atoms with van der Waals surface area (Å²) in [6, 6.07) is 10.0. The number of aromatic carboxylic acids is 1. The van der Waals surface area contributed by atoms with Gasteiger partial charge in [0.2, 0.25) is 4.96 Å². The highest BCUT2D eigenvalue weighted by atomic mass is 32.1. The van der Waals surface area contributed by atoms with E-state index in [4.69, 9.17) is 5.11 Å². The lowest BCUT2D eigenvalue weighted by molar-refractivity contribution is 0.0697. The van der Waals surface area contributed by atoms with Crippen LogP contribution in [-0.2, 0) is 0 Å². The van der Waals surface area contributed by atoms with Gasteiger partial charge in [-0.2, -0.15) is 4.98 Å². The molecule has 0 amide bonds. The van der Waals surface area contributed by atoms with Crippen LogP contribution >= 0.6 is 11.3 Å². The van der Waals surface area contributed by atoms with Crippen LogP contribution in [-0.4, -0.2) is 25.7 Å². The number of hydrogen-bond acceptors (Lipinski definition) is 4. The van der Waals surface area contributed by atoms with E-state index in [2.05, 4.69) is 23.9 Å². The number of aromatic nitrogens is 3. The number of benzene rings is 2. The molecule has 1 N–H and O–H groups in total. The van der Waals surface area contributed by atoms with Crippen LogP contribution in [0.25, 0.3) is 26.6 Å². The van der Waals surface area contributed by atoms with E-state index in [0.717, 1.165) is 22.2 Å². The molecule has 28 heavy (non-hydrogen) atoms. The molecule has 5 nitrogen and oxygen atoms in total. The van der Waals surface area contributed by atoms with Gasteiger partial charge in [0.25, 0.3) is 0 Å². The van der Waals surface area contributed by atoms with Crippen LogP contribution in [0.5, 0.6) is 0 Å². The highest BCUT2D eigenvalue weighted by Gasteiger charge is 2.17. The average Bonchev–Trinajstić information content (AvgIpc) is 3.25. The Morgan fingerprint density at radius 1 is 1.25 bits per heavy atom. The van der Waals surface area contributed by atoms with E-state index in [1.54, 1.807) is 28.8 Å². The highest BCUT2D eigenvalue weighted by molar-refractivity contribution is 7.23. The molecule has 2 aromatic carbocycles. The lowest BCUT2D eigenvalue weighted by Gasteiger charge is -2.09. The Bertz CT molecular complexity index is 1150. The molecule has 0 bridgehead atoms. The van der Waals surface area contributed by atoms with Crippen molar-refractivity contribution in [2.45, 2.75) is 40.0 Å². The molecule has 1 unspecified atom stereocenters. The van der Waals surface area contributed by atoms with E-state index in [1.165, 1.54) is 17.4 Å². The summed E-state index contributed by atoms with van der Waals surface area (Å²) in [5.41, 5.74) is 2.30. The van der Waals surface area contributed by atoms with Gasteiger partial charge in [0.15, 0.2) is 5.82 Å². The molecule has 0 fully saturated rings. The second-order valence-electron chi connectivity index (χ2n) is 6.27. The van der Waals surface area contributed by atoms with E-state index >= 15 is 0 Å². The Kier molecular flexibility index (Phi) is 5.74. The van der Waals surface area contributed by atoms with Crippen LogP contribution in [0.15, 0.2) is 36.4 Å². The number of carboxylic acids is 1. The third kappa shape index (κ3) is 3.49. The molecule has 0 aliphatic rings. The molecule has 0 saturated heterocycles. The van der Waals surface area contributed by atoms with Gasteiger partial charge in [-0.15, -0.1) is 5.10 Å². The summed E-state index contributed by atoms with van der Waals surface area (Å²) in [7, 11) is 0. The molecule has 0 saturated carbocycles. The Morgan fingerprint density at radius 3 is 2.64 bits per heavy atom. The quantitative estimate of drug-likeness (QED) is 0.458. The number of hydrogen-bond donors (Lipinski definition) is 1. The SMILES string of the molecule is CC.CCC(C)c1ccc(-c2nc3sc4cc(C(=O)O)ccc4n3n2)c(F)c1. The fourth-order valence-corrected chi connectivity index (χ4v) is 3.89. The molecule has 4 aromatic rings. The van der Waals surface area contributed by atoms with Gasteiger partial charge in [-0.05, 0) is 48.2 Å². The maximum Gasteiger partial charge on any atom is 0.335 e. The van der Waals surface area contributed by atoms with Crippen molar-refractivity contribution in [2.75, 3.05) is 0 Å². The van der Waals surface area contributed by atoms with Gasteiger partial charge < -0.3 is 5.11 Å². The fourth-order valence-electron chi connectivity index (χ4n) is 2.89. The van der Waals surface area contributed by atoms with Crippen molar-refractivity contribution in [1.29, 1.82) is 0 Å². The van der Waals surface area contributed by atoms with Crippen LogP contribution in [0.1, 0.15) is 56.0 Å². The van der Waals surface area contributed by atoms with Crippen molar-refractivity contribution in [3.63, 3.8) is 0 Å². The Hall–Kier alpha value is -2.80. The summed E-state index contributed by atoms with van der Waals surface area (Å²) in [6.07, 6.45) is 0.946. The molecule has 0 aliphatic carbocycles. The van der Waals surface area contributed by atoms with Crippen LogP contribution < -0.4 is 0 Å². The zero-order valence-electron chi connectivity index (χ0n) is 16.2. The number of halogens is 1. The Labute approximate surface area is 166 Å². The van der Waals surface area contributed by atoms with Crippen LogP contribution in [0.3, 0.4) is 0 Å². The maximum absolute atomic E-state index is 14.6. The molecular weight excluding hydrogens is 377 g/mol. The number of thiazole rings is 1. The zero-order valence-corrected chi connectivity index (χ0v) is 17.0. The molecule has 0 radical (unpaired) electrons. The summed E-state index contributed by atoms with van der Waals surface area (Å²) >= 11 is 1.33. The predicted octanol–water partition coefficient (Wildman–Crippen LogP) is 5.99. The molecule has 4 rings (SSSR count). The van der Waals surface area contributed by atoms with Gasteiger partial charge in [0.1, 0.15) is 5.82 Å². The number of carbonyl (C=O) groups is 1. The van der Waals surface area contributed by atoms with Gasteiger partial charge in [-0.25, -0.2) is 13.7 Å². The molecule has 1 atom stereocenters. The van der Waals surface area contributed by atoms with Gasteiger partial charge in [0.05, 0.1) is 21.3 Å². The lowest BCUT2D eigenvalue weighted by atomic mass is 9.97. The molecule has 2 heterocycles. The average molecular weight is 399 g/mol. The first-order valence-corrected chi connectivity index (χ1v) is 10.1. The number of rotatable bonds is 4. The molecule has 0 spiro atoms. The van der Waals surface area contributed by atoms with Gasteiger partial charge in [0, 0.05) is 0 Å². The number of carboxylic acid groups (broad SMARTS) is 1. The summed E-state index contributed by atoms with van der Waals surface area (Å²) in [5.74, 6) is -0.688. The van der Waals surface area contributed by atoms with Gasteiger partial charge in [-0.1, -0.05) is 45.1 Å². The summed E-state index contributed by atoms with van der Waals surface area (Å²) in [5, 5.41) is 13.5. The molecular formula is C21H22FN3O2S. The molecule has 0 aliphatic heterocycles. The maximum atomic E-state index is 14.6. The monoisotopic (exact) mass is 399 g/mol. The van der Waals surface area contributed by atoms with E-state index in [1.807, 2.05) is 19.9 Å². The van der Waals surface area contributed by atoms with Crippen LogP contribution in [0.2, 0.25) is 0 Å². The van der Waals surface area contributed by atoms with E-state index in [0.29, 0.717) is 22.3 Å². The van der Waals surface area contributed by atoms with Crippen molar-refractivity contribution in [2.24, 2.45) is 0 Å². The Balaban J connectivity index is 0.00000109.